The molecule has 114 valence electrons. The van der Waals surface area contributed by atoms with Gasteiger partial charge in [-0.1, -0.05) is 0 Å². The van der Waals surface area contributed by atoms with Crippen LogP contribution in [0, 0.1) is 0 Å². The number of carboxylic acid groups (broad SMARTS) is 1. The molecular formula is C13H21NO6. The first-order chi connectivity index (χ1) is 9.52. The topological polar surface area (TPSA) is 93.1 Å². The van der Waals surface area contributed by atoms with E-state index in [-0.39, 0.29) is 37.4 Å². The second-order valence-electron chi connectivity index (χ2n) is 4.59. The van der Waals surface area contributed by atoms with E-state index >= 15 is 0 Å². The summed E-state index contributed by atoms with van der Waals surface area (Å²) in [6, 6.07) is 0. The highest BCUT2D eigenvalue weighted by Gasteiger charge is 2.23. The van der Waals surface area contributed by atoms with Crippen molar-refractivity contribution in [3.63, 3.8) is 0 Å². The van der Waals surface area contributed by atoms with Crippen molar-refractivity contribution in [3.8, 4) is 0 Å². The number of carbonyl (C=O) groups is 3. The van der Waals surface area contributed by atoms with Gasteiger partial charge in [-0.15, -0.1) is 0 Å². The Morgan fingerprint density at radius 1 is 1.20 bits per heavy atom. The van der Waals surface area contributed by atoms with Gasteiger partial charge in [-0.2, -0.15) is 0 Å². The van der Waals surface area contributed by atoms with Crippen LogP contribution in [0.3, 0.4) is 0 Å². The lowest BCUT2D eigenvalue weighted by Gasteiger charge is -2.31. The third-order valence-electron chi connectivity index (χ3n) is 3.09. The molecule has 0 aromatic carbocycles. The zero-order valence-electron chi connectivity index (χ0n) is 11.7. The van der Waals surface area contributed by atoms with Crippen molar-refractivity contribution in [1.29, 1.82) is 0 Å². The van der Waals surface area contributed by atoms with Gasteiger partial charge in [0.25, 0.3) is 0 Å². The Bertz CT molecular complexity index is 349. The van der Waals surface area contributed by atoms with Gasteiger partial charge in [0.15, 0.2) is 0 Å². The van der Waals surface area contributed by atoms with Crippen LogP contribution in [0.5, 0.6) is 0 Å². The van der Waals surface area contributed by atoms with Gasteiger partial charge in [-0.05, 0) is 19.8 Å². The maximum Gasteiger partial charge on any atom is 0.329 e. The summed E-state index contributed by atoms with van der Waals surface area (Å²) in [5, 5.41) is 8.52. The normalized spacial score (nSPS) is 15.9. The average molecular weight is 287 g/mol. The fourth-order valence-electron chi connectivity index (χ4n) is 2.06. The zero-order valence-corrected chi connectivity index (χ0v) is 11.7. The van der Waals surface area contributed by atoms with Crippen molar-refractivity contribution < 1.29 is 29.0 Å². The lowest BCUT2D eigenvalue weighted by atomic mass is 10.1. The summed E-state index contributed by atoms with van der Waals surface area (Å²) in [5.41, 5.74) is 0. The average Bonchev–Trinajstić information content (AvgIpc) is 2.43. The Morgan fingerprint density at radius 2 is 1.85 bits per heavy atom. The van der Waals surface area contributed by atoms with Crippen molar-refractivity contribution in [1.82, 2.24) is 4.90 Å². The molecule has 1 saturated heterocycles. The third kappa shape index (κ3) is 6.01. The van der Waals surface area contributed by atoms with Crippen LogP contribution in [0.2, 0.25) is 0 Å². The van der Waals surface area contributed by atoms with E-state index in [0.717, 1.165) is 0 Å². The highest BCUT2D eigenvalue weighted by atomic mass is 16.5. The van der Waals surface area contributed by atoms with Crippen LogP contribution < -0.4 is 0 Å². The number of rotatable bonds is 7. The number of carboxylic acids is 1. The molecule has 1 N–H and O–H groups in total. The van der Waals surface area contributed by atoms with Crippen molar-refractivity contribution in [2.24, 2.45) is 0 Å². The van der Waals surface area contributed by atoms with E-state index in [0.29, 0.717) is 32.5 Å². The largest absolute Gasteiger partial charge is 0.480 e. The van der Waals surface area contributed by atoms with Gasteiger partial charge in [0.05, 0.1) is 19.1 Å². The predicted octanol–water partition coefficient (Wildman–Crippen LogP) is 0.422. The number of likely N-dealkylation sites (tertiary alicyclic amines) is 1. The number of piperidine rings is 1. The Labute approximate surface area is 117 Å². The number of nitrogens with zero attached hydrogens (tertiary/aromatic N) is 1. The van der Waals surface area contributed by atoms with E-state index in [1.165, 1.54) is 0 Å². The molecule has 7 heteroatoms. The Balaban J connectivity index is 2.21. The highest BCUT2D eigenvalue weighted by molar-refractivity contribution is 5.81. The Kier molecular flexibility index (Phi) is 7.00. The minimum absolute atomic E-state index is 0.0743. The lowest BCUT2D eigenvalue weighted by Crippen LogP contribution is -2.41. The van der Waals surface area contributed by atoms with E-state index in [2.05, 4.69) is 0 Å². The van der Waals surface area contributed by atoms with Crippen LogP contribution in [0.1, 0.15) is 32.6 Å². The molecule has 0 aromatic rings. The molecular weight excluding hydrogens is 266 g/mol. The number of carbonyl (C=O) groups excluding carboxylic acids is 2. The first kappa shape index (κ1) is 16.4. The van der Waals surface area contributed by atoms with Gasteiger partial charge in [-0.25, -0.2) is 4.79 Å². The highest BCUT2D eigenvalue weighted by Crippen LogP contribution is 2.15. The van der Waals surface area contributed by atoms with Crippen molar-refractivity contribution in [2.45, 2.75) is 38.7 Å². The minimum Gasteiger partial charge on any atom is -0.480 e. The van der Waals surface area contributed by atoms with Crippen LogP contribution >= 0.6 is 0 Å². The summed E-state index contributed by atoms with van der Waals surface area (Å²) in [5.74, 6) is -1.42. The molecule has 7 nitrogen and oxygen atoms in total. The SMILES string of the molecule is CCOC(=O)CCC(=O)N1CCC(OCC(=O)O)CC1. The maximum absolute atomic E-state index is 11.9. The van der Waals surface area contributed by atoms with Crippen molar-refractivity contribution >= 4 is 17.8 Å². The minimum atomic E-state index is -0.988. The Morgan fingerprint density at radius 3 is 2.40 bits per heavy atom. The number of esters is 1. The molecule has 1 heterocycles. The summed E-state index contributed by atoms with van der Waals surface area (Å²) in [6.45, 7) is 2.81. The molecule has 0 radical (unpaired) electrons. The summed E-state index contributed by atoms with van der Waals surface area (Å²) >= 11 is 0. The van der Waals surface area contributed by atoms with E-state index in [1.807, 2.05) is 0 Å². The third-order valence-corrected chi connectivity index (χ3v) is 3.09. The Hall–Kier alpha value is -1.63. The van der Waals surface area contributed by atoms with Gasteiger partial charge in [0, 0.05) is 19.5 Å². The second kappa shape index (κ2) is 8.52. The van der Waals surface area contributed by atoms with E-state index in [4.69, 9.17) is 14.6 Å². The molecule has 0 atom stereocenters. The van der Waals surface area contributed by atoms with Crippen LogP contribution in [0.25, 0.3) is 0 Å². The number of amides is 1. The lowest BCUT2D eigenvalue weighted by molar-refractivity contribution is -0.147. The van der Waals surface area contributed by atoms with E-state index in [1.54, 1.807) is 11.8 Å². The predicted molar refractivity (Wildman–Crippen MR) is 69.1 cm³/mol. The number of hydrogen-bond acceptors (Lipinski definition) is 5. The molecule has 1 fully saturated rings. The van der Waals surface area contributed by atoms with Gasteiger partial charge in [0.2, 0.25) is 5.91 Å². The van der Waals surface area contributed by atoms with Crippen molar-refractivity contribution in [3.05, 3.63) is 0 Å². The van der Waals surface area contributed by atoms with Gasteiger partial charge in [-0.3, -0.25) is 9.59 Å². The van der Waals surface area contributed by atoms with E-state index in [9.17, 15) is 14.4 Å². The van der Waals surface area contributed by atoms with Gasteiger partial charge >= 0.3 is 11.9 Å². The summed E-state index contributed by atoms with van der Waals surface area (Å²) in [6.07, 6.45) is 1.39. The summed E-state index contributed by atoms with van der Waals surface area (Å²) < 4.78 is 9.96. The van der Waals surface area contributed by atoms with Crippen molar-refractivity contribution in [2.75, 3.05) is 26.3 Å². The standard InChI is InChI=1S/C13H21NO6/c1-2-19-13(18)4-3-11(15)14-7-5-10(6-8-14)20-9-12(16)17/h10H,2-9H2,1H3,(H,16,17). The monoisotopic (exact) mass is 287 g/mol. The van der Waals surface area contributed by atoms with E-state index < -0.39 is 5.97 Å². The molecule has 1 aliphatic rings. The van der Waals surface area contributed by atoms with Crippen LogP contribution in [0.4, 0.5) is 0 Å². The molecule has 0 unspecified atom stereocenters. The first-order valence-electron chi connectivity index (χ1n) is 6.79. The number of hydrogen-bond donors (Lipinski definition) is 1. The fourth-order valence-corrected chi connectivity index (χ4v) is 2.06. The smallest absolute Gasteiger partial charge is 0.329 e. The molecule has 1 rings (SSSR count). The maximum atomic E-state index is 11.9. The fraction of sp³-hybridized carbons (Fsp3) is 0.769. The summed E-state index contributed by atoms with van der Waals surface area (Å²) in [7, 11) is 0. The molecule has 0 saturated carbocycles. The summed E-state index contributed by atoms with van der Waals surface area (Å²) in [4.78, 5) is 35.1. The second-order valence-corrected chi connectivity index (χ2v) is 4.59. The van der Waals surface area contributed by atoms with Gasteiger partial charge in [0.1, 0.15) is 6.61 Å². The van der Waals surface area contributed by atoms with Crippen LogP contribution in [-0.4, -0.2) is 60.3 Å². The molecule has 1 aliphatic heterocycles. The molecule has 1 amide bonds. The quantitative estimate of drug-likeness (QED) is 0.682. The number of aliphatic carboxylic acids is 1. The van der Waals surface area contributed by atoms with Crippen LogP contribution in [-0.2, 0) is 23.9 Å². The molecule has 0 bridgehead atoms. The first-order valence-corrected chi connectivity index (χ1v) is 6.79. The van der Waals surface area contributed by atoms with Crippen LogP contribution in [0.15, 0.2) is 0 Å². The number of ether oxygens (including phenoxy) is 2. The molecule has 0 aliphatic carbocycles. The zero-order chi connectivity index (χ0) is 15.0. The van der Waals surface area contributed by atoms with Gasteiger partial charge < -0.3 is 19.5 Å². The molecule has 0 spiro atoms. The molecule has 20 heavy (non-hydrogen) atoms. The molecule has 0 aromatic heterocycles.